The fourth-order valence-electron chi connectivity index (χ4n) is 2.77. The molecule has 0 aliphatic heterocycles. The summed E-state index contributed by atoms with van der Waals surface area (Å²) < 4.78 is 6.09. The standard InChI is InChI=1S/C21H23NO2/c1-16(23)13-22-14-20-19-10-6-5-9-18(19)11-12-21(20)24-15-17-7-3-2-4-8-17/h2-12,16,22-23H,13-15H2,1H3. The van der Waals surface area contributed by atoms with Crippen LogP contribution in [0.5, 0.6) is 5.75 Å². The second kappa shape index (κ2) is 7.95. The van der Waals surface area contributed by atoms with Crippen LogP contribution in [0.4, 0.5) is 0 Å². The Morgan fingerprint density at radius 2 is 1.71 bits per heavy atom. The summed E-state index contributed by atoms with van der Waals surface area (Å²) in [7, 11) is 0. The molecule has 0 fully saturated rings. The van der Waals surface area contributed by atoms with E-state index in [0.717, 1.165) is 16.9 Å². The third-order valence-corrected chi connectivity index (χ3v) is 3.98. The first-order valence-electron chi connectivity index (χ1n) is 8.30. The van der Waals surface area contributed by atoms with Gasteiger partial charge in [-0.2, -0.15) is 0 Å². The van der Waals surface area contributed by atoms with Crippen LogP contribution < -0.4 is 10.1 Å². The summed E-state index contributed by atoms with van der Waals surface area (Å²) in [6.07, 6.45) is -0.367. The number of nitrogens with one attached hydrogen (secondary N) is 1. The van der Waals surface area contributed by atoms with Gasteiger partial charge in [-0.05, 0) is 29.3 Å². The molecule has 0 aliphatic carbocycles. The predicted molar refractivity (Wildman–Crippen MR) is 98.1 cm³/mol. The summed E-state index contributed by atoms with van der Waals surface area (Å²) in [5.74, 6) is 0.885. The molecule has 24 heavy (non-hydrogen) atoms. The number of fused-ring (bicyclic) bond motifs is 1. The number of aliphatic hydroxyl groups is 1. The zero-order chi connectivity index (χ0) is 16.8. The van der Waals surface area contributed by atoms with Gasteiger partial charge in [0.25, 0.3) is 0 Å². The molecule has 1 atom stereocenters. The van der Waals surface area contributed by atoms with Crippen molar-refractivity contribution in [3.05, 3.63) is 77.9 Å². The van der Waals surface area contributed by atoms with Crippen molar-refractivity contribution in [3.63, 3.8) is 0 Å². The van der Waals surface area contributed by atoms with Crippen LogP contribution in [0.3, 0.4) is 0 Å². The Balaban J connectivity index is 1.85. The number of ether oxygens (including phenoxy) is 1. The van der Waals surface area contributed by atoms with Crippen LogP contribution in [-0.4, -0.2) is 17.8 Å². The van der Waals surface area contributed by atoms with Crippen molar-refractivity contribution in [3.8, 4) is 5.75 Å². The molecule has 0 amide bonds. The second-order valence-electron chi connectivity index (χ2n) is 6.02. The zero-order valence-electron chi connectivity index (χ0n) is 13.9. The van der Waals surface area contributed by atoms with Crippen molar-refractivity contribution >= 4 is 10.8 Å². The molecule has 0 spiro atoms. The van der Waals surface area contributed by atoms with Crippen LogP contribution in [0.25, 0.3) is 10.8 Å². The van der Waals surface area contributed by atoms with Crippen molar-refractivity contribution < 1.29 is 9.84 Å². The van der Waals surface area contributed by atoms with Gasteiger partial charge in [0, 0.05) is 18.7 Å². The quantitative estimate of drug-likeness (QED) is 0.694. The van der Waals surface area contributed by atoms with Gasteiger partial charge < -0.3 is 15.2 Å². The van der Waals surface area contributed by atoms with E-state index >= 15 is 0 Å². The Labute approximate surface area is 142 Å². The van der Waals surface area contributed by atoms with E-state index < -0.39 is 0 Å². The molecular formula is C21H23NO2. The number of hydrogen-bond acceptors (Lipinski definition) is 3. The van der Waals surface area contributed by atoms with Gasteiger partial charge in [-0.3, -0.25) is 0 Å². The van der Waals surface area contributed by atoms with Crippen molar-refractivity contribution in [1.29, 1.82) is 0 Å². The number of rotatable bonds is 7. The van der Waals surface area contributed by atoms with E-state index in [9.17, 15) is 5.11 Å². The maximum absolute atomic E-state index is 9.47. The maximum atomic E-state index is 9.47. The first-order chi connectivity index (χ1) is 11.7. The molecule has 0 heterocycles. The molecule has 124 valence electrons. The van der Waals surface area contributed by atoms with E-state index in [4.69, 9.17) is 4.74 Å². The summed E-state index contributed by atoms with van der Waals surface area (Å²) in [5.41, 5.74) is 2.28. The van der Waals surface area contributed by atoms with E-state index in [1.54, 1.807) is 6.92 Å². The highest BCUT2D eigenvalue weighted by atomic mass is 16.5. The molecule has 0 saturated carbocycles. The summed E-state index contributed by atoms with van der Waals surface area (Å²) in [4.78, 5) is 0. The zero-order valence-corrected chi connectivity index (χ0v) is 13.9. The van der Waals surface area contributed by atoms with E-state index in [-0.39, 0.29) is 6.10 Å². The molecule has 0 bridgehead atoms. The van der Waals surface area contributed by atoms with Crippen molar-refractivity contribution in [2.75, 3.05) is 6.54 Å². The second-order valence-corrected chi connectivity index (χ2v) is 6.02. The Hall–Kier alpha value is -2.36. The smallest absolute Gasteiger partial charge is 0.124 e. The average Bonchev–Trinajstić information content (AvgIpc) is 2.61. The van der Waals surface area contributed by atoms with Crippen LogP contribution in [-0.2, 0) is 13.2 Å². The van der Waals surface area contributed by atoms with Gasteiger partial charge in [-0.15, -0.1) is 0 Å². The molecule has 3 heteroatoms. The summed E-state index contributed by atoms with van der Waals surface area (Å²) in [6.45, 7) is 3.54. The Morgan fingerprint density at radius 1 is 0.958 bits per heavy atom. The van der Waals surface area contributed by atoms with Gasteiger partial charge in [0.2, 0.25) is 0 Å². The molecule has 1 unspecified atom stereocenters. The lowest BCUT2D eigenvalue weighted by Gasteiger charge is -2.16. The monoisotopic (exact) mass is 321 g/mol. The van der Waals surface area contributed by atoms with Crippen molar-refractivity contribution in [2.24, 2.45) is 0 Å². The van der Waals surface area contributed by atoms with Gasteiger partial charge in [0.05, 0.1) is 6.10 Å². The van der Waals surface area contributed by atoms with Crippen LogP contribution >= 0.6 is 0 Å². The van der Waals surface area contributed by atoms with E-state index in [1.807, 2.05) is 36.4 Å². The fourth-order valence-corrected chi connectivity index (χ4v) is 2.77. The first kappa shape index (κ1) is 16.5. The van der Waals surface area contributed by atoms with Gasteiger partial charge in [0.15, 0.2) is 0 Å². The molecule has 3 aromatic carbocycles. The third-order valence-electron chi connectivity index (χ3n) is 3.98. The predicted octanol–water partition coefficient (Wildman–Crippen LogP) is 3.89. The molecular weight excluding hydrogens is 298 g/mol. The van der Waals surface area contributed by atoms with Crippen LogP contribution in [0.15, 0.2) is 66.7 Å². The van der Waals surface area contributed by atoms with Gasteiger partial charge in [-0.25, -0.2) is 0 Å². The van der Waals surface area contributed by atoms with Gasteiger partial charge in [0.1, 0.15) is 12.4 Å². The Bertz CT molecular complexity index is 784. The lowest BCUT2D eigenvalue weighted by atomic mass is 10.0. The highest BCUT2D eigenvalue weighted by molar-refractivity contribution is 5.87. The van der Waals surface area contributed by atoms with E-state index in [0.29, 0.717) is 19.7 Å². The average molecular weight is 321 g/mol. The molecule has 3 aromatic rings. The largest absolute Gasteiger partial charge is 0.489 e. The minimum Gasteiger partial charge on any atom is -0.489 e. The molecule has 2 N–H and O–H groups in total. The summed E-state index contributed by atoms with van der Waals surface area (Å²) >= 11 is 0. The topological polar surface area (TPSA) is 41.5 Å². The fraction of sp³-hybridized carbons (Fsp3) is 0.238. The van der Waals surface area contributed by atoms with Gasteiger partial charge in [-0.1, -0.05) is 60.7 Å². The third kappa shape index (κ3) is 4.13. The Morgan fingerprint density at radius 3 is 2.50 bits per heavy atom. The lowest BCUT2D eigenvalue weighted by molar-refractivity contribution is 0.190. The highest BCUT2D eigenvalue weighted by Gasteiger charge is 2.09. The minimum atomic E-state index is -0.367. The van der Waals surface area contributed by atoms with E-state index in [2.05, 4.69) is 35.6 Å². The van der Waals surface area contributed by atoms with Crippen LogP contribution in [0.1, 0.15) is 18.1 Å². The summed E-state index contributed by atoms with van der Waals surface area (Å²) in [5, 5.41) is 15.1. The highest BCUT2D eigenvalue weighted by Crippen LogP contribution is 2.28. The molecule has 0 radical (unpaired) electrons. The molecule has 3 rings (SSSR count). The number of benzene rings is 3. The number of aliphatic hydroxyl groups excluding tert-OH is 1. The first-order valence-corrected chi connectivity index (χ1v) is 8.30. The van der Waals surface area contributed by atoms with Crippen molar-refractivity contribution in [2.45, 2.75) is 26.2 Å². The normalized spacial score (nSPS) is 12.2. The van der Waals surface area contributed by atoms with Gasteiger partial charge >= 0.3 is 0 Å². The van der Waals surface area contributed by atoms with Crippen LogP contribution in [0, 0.1) is 0 Å². The molecule has 0 aromatic heterocycles. The molecule has 3 nitrogen and oxygen atoms in total. The molecule has 0 saturated heterocycles. The lowest BCUT2D eigenvalue weighted by Crippen LogP contribution is -2.24. The Kier molecular flexibility index (Phi) is 5.47. The molecule has 0 aliphatic rings. The SMILES string of the molecule is CC(O)CNCc1c(OCc2ccccc2)ccc2ccccc12. The summed E-state index contributed by atoms with van der Waals surface area (Å²) in [6, 6.07) is 22.6. The van der Waals surface area contributed by atoms with Crippen LogP contribution in [0.2, 0.25) is 0 Å². The van der Waals surface area contributed by atoms with Crippen molar-refractivity contribution in [1.82, 2.24) is 5.32 Å². The number of hydrogen-bond donors (Lipinski definition) is 2. The van der Waals surface area contributed by atoms with E-state index in [1.165, 1.54) is 10.8 Å². The minimum absolute atomic E-state index is 0.367. The maximum Gasteiger partial charge on any atom is 0.124 e.